The van der Waals surface area contributed by atoms with Gasteiger partial charge in [0.15, 0.2) is 5.69 Å². The number of carbonyl (C=O) groups excluding carboxylic acids is 1. The minimum absolute atomic E-state index is 0.111. The van der Waals surface area contributed by atoms with Crippen LogP contribution in [-0.2, 0) is 4.74 Å². The first-order chi connectivity index (χ1) is 8.00. The highest BCUT2D eigenvalue weighted by Crippen LogP contribution is 2.27. The Labute approximate surface area is 99.6 Å². The van der Waals surface area contributed by atoms with Crippen LogP contribution in [0.15, 0.2) is 6.20 Å². The molecule has 1 aliphatic heterocycles. The van der Waals surface area contributed by atoms with Gasteiger partial charge in [-0.25, -0.2) is 9.97 Å². The number of aryl methyl sites for hydroxylation is 1. The van der Waals surface area contributed by atoms with Gasteiger partial charge in [0.2, 0.25) is 0 Å². The fourth-order valence-corrected chi connectivity index (χ4v) is 1.65. The Bertz CT molecular complexity index is 443. The summed E-state index contributed by atoms with van der Waals surface area (Å²) < 4.78 is 5.16. The smallest absolute Gasteiger partial charge is 0.269 e. The molecule has 6 nitrogen and oxygen atoms in total. The maximum Gasteiger partial charge on any atom is 0.269 e. The molecule has 0 radical (unpaired) electrons. The molecular weight excluding hydrogens is 220 g/mol. The minimum atomic E-state index is -0.548. The third-order valence-corrected chi connectivity index (χ3v) is 2.75. The highest BCUT2D eigenvalue weighted by atomic mass is 16.5. The van der Waals surface area contributed by atoms with Crippen molar-refractivity contribution in [3.63, 3.8) is 0 Å². The molecule has 0 spiro atoms. The molecule has 0 aliphatic carbocycles. The SMILES string of the molecule is Cc1ncc(NCC2(C)COC2)c(C(N)=O)n1. The summed E-state index contributed by atoms with van der Waals surface area (Å²) in [6.07, 6.45) is 1.59. The van der Waals surface area contributed by atoms with Crippen molar-refractivity contribution in [3.05, 3.63) is 17.7 Å². The zero-order chi connectivity index (χ0) is 12.5. The summed E-state index contributed by atoms with van der Waals surface area (Å²) in [6.45, 7) is 5.98. The van der Waals surface area contributed by atoms with Crippen molar-refractivity contribution >= 4 is 11.6 Å². The van der Waals surface area contributed by atoms with Gasteiger partial charge >= 0.3 is 0 Å². The van der Waals surface area contributed by atoms with Crippen molar-refractivity contribution in [2.75, 3.05) is 25.1 Å². The van der Waals surface area contributed by atoms with E-state index >= 15 is 0 Å². The minimum Gasteiger partial charge on any atom is -0.381 e. The number of nitrogens with one attached hydrogen (secondary N) is 1. The Morgan fingerprint density at radius 3 is 2.88 bits per heavy atom. The van der Waals surface area contributed by atoms with Gasteiger partial charge in [0.1, 0.15) is 5.82 Å². The number of carbonyl (C=O) groups is 1. The summed E-state index contributed by atoms with van der Waals surface area (Å²) in [4.78, 5) is 19.3. The number of hydrogen-bond donors (Lipinski definition) is 2. The summed E-state index contributed by atoms with van der Waals surface area (Å²) in [7, 11) is 0. The Kier molecular flexibility index (Phi) is 2.97. The molecule has 1 saturated heterocycles. The molecule has 0 unspecified atom stereocenters. The van der Waals surface area contributed by atoms with E-state index in [1.807, 2.05) is 0 Å². The van der Waals surface area contributed by atoms with Crippen LogP contribution in [0.2, 0.25) is 0 Å². The Morgan fingerprint density at radius 2 is 2.35 bits per heavy atom. The Morgan fingerprint density at radius 1 is 1.65 bits per heavy atom. The monoisotopic (exact) mass is 236 g/mol. The summed E-state index contributed by atoms with van der Waals surface area (Å²) in [5.41, 5.74) is 6.20. The van der Waals surface area contributed by atoms with Crippen LogP contribution in [0.4, 0.5) is 5.69 Å². The molecule has 0 atom stereocenters. The number of aromatic nitrogens is 2. The van der Waals surface area contributed by atoms with Crippen molar-refractivity contribution in [2.45, 2.75) is 13.8 Å². The quantitative estimate of drug-likeness (QED) is 0.786. The number of ether oxygens (including phenoxy) is 1. The molecule has 17 heavy (non-hydrogen) atoms. The fourth-order valence-electron chi connectivity index (χ4n) is 1.65. The summed E-state index contributed by atoms with van der Waals surface area (Å²) >= 11 is 0. The van der Waals surface area contributed by atoms with Gasteiger partial charge in [0.25, 0.3) is 5.91 Å². The van der Waals surface area contributed by atoms with E-state index in [9.17, 15) is 4.79 Å². The normalized spacial score (nSPS) is 17.3. The predicted octanol–water partition coefficient (Wildman–Crippen LogP) is 0.332. The van der Waals surface area contributed by atoms with E-state index in [0.29, 0.717) is 18.1 Å². The second kappa shape index (κ2) is 4.29. The zero-order valence-corrected chi connectivity index (χ0v) is 9.99. The molecule has 0 aromatic carbocycles. The molecule has 1 amide bonds. The van der Waals surface area contributed by atoms with Gasteiger partial charge in [-0.15, -0.1) is 0 Å². The van der Waals surface area contributed by atoms with Gasteiger partial charge in [0, 0.05) is 12.0 Å². The van der Waals surface area contributed by atoms with Crippen molar-refractivity contribution in [1.29, 1.82) is 0 Å². The average molecular weight is 236 g/mol. The molecule has 92 valence electrons. The molecule has 1 aliphatic rings. The molecule has 1 aromatic rings. The van der Waals surface area contributed by atoms with Crippen LogP contribution < -0.4 is 11.1 Å². The first-order valence-corrected chi connectivity index (χ1v) is 5.45. The van der Waals surface area contributed by atoms with Crippen LogP contribution in [0.5, 0.6) is 0 Å². The zero-order valence-electron chi connectivity index (χ0n) is 9.99. The molecule has 0 saturated carbocycles. The fraction of sp³-hybridized carbons (Fsp3) is 0.545. The number of amides is 1. The average Bonchev–Trinajstić information content (AvgIpc) is 2.24. The van der Waals surface area contributed by atoms with Gasteiger partial charge in [-0.1, -0.05) is 6.92 Å². The predicted molar refractivity (Wildman–Crippen MR) is 62.7 cm³/mol. The standard InChI is InChI=1S/C11H16N4O2/c1-7-13-3-8(9(15-7)10(12)16)14-4-11(2)5-17-6-11/h3,14H,4-6H2,1-2H3,(H2,12,16). The van der Waals surface area contributed by atoms with Gasteiger partial charge < -0.3 is 15.8 Å². The van der Waals surface area contributed by atoms with Crippen molar-refractivity contribution in [1.82, 2.24) is 9.97 Å². The molecule has 6 heteroatoms. The molecule has 1 fully saturated rings. The van der Waals surface area contributed by atoms with E-state index in [2.05, 4.69) is 22.2 Å². The Hall–Kier alpha value is -1.69. The van der Waals surface area contributed by atoms with E-state index in [0.717, 1.165) is 13.2 Å². The maximum absolute atomic E-state index is 11.2. The largest absolute Gasteiger partial charge is 0.381 e. The number of nitrogens with zero attached hydrogens (tertiary/aromatic N) is 2. The Balaban J connectivity index is 2.12. The van der Waals surface area contributed by atoms with E-state index in [1.54, 1.807) is 13.1 Å². The summed E-state index contributed by atoms with van der Waals surface area (Å²) in [6, 6.07) is 0. The second-order valence-electron chi connectivity index (χ2n) is 4.70. The number of nitrogens with two attached hydrogens (primary N) is 1. The van der Waals surface area contributed by atoms with Gasteiger partial charge in [-0.2, -0.15) is 0 Å². The number of primary amides is 1. The summed E-state index contributed by atoms with van der Waals surface area (Å²) in [5, 5.41) is 3.16. The highest BCUT2D eigenvalue weighted by Gasteiger charge is 2.33. The molecule has 2 heterocycles. The van der Waals surface area contributed by atoms with Crippen LogP contribution in [0, 0.1) is 12.3 Å². The number of rotatable bonds is 4. The molecule has 0 bridgehead atoms. The van der Waals surface area contributed by atoms with E-state index < -0.39 is 5.91 Å². The second-order valence-corrected chi connectivity index (χ2v) is 4.70. The van der Waals surface area contributed by atoms with Gasteiger partial charge in [-0.3, -0.25) is 4.79 Å². The lowest BCUT2D eigenvalue weighted by Crippen LogP contribution is -2.45. The number of hydrogen-bond acceptors (Lipinski definition) is 5. The lowest BCUT2D eigenvalue weighted by molar-refractivity contribution is -0.0924. The highest BCUT2D eigenvalue weighted by molar-refractivity contribution is 5.96. The van der Waals surface area contributed by atoms with Gasteiger partial charge in [0.05, 0.1) is 25.1 Å². The van der Waals surface area contributed by atoms with E-state index in [1.165, 1.54) is 0 Å². The van der Waals surface area contributed by atoms with E-state index in [-0.39, 0.29) is 11.1 Å². The first kappa shape index (κ1) is 11.8. The van der Waals surface area contributed by atoms with Crippen LogP contribution in [-0.4, -0.2) is 35.6 Å². The molecule has 3 N–H and O–H groups in total. The van der Waals surface area contributed by atoms with Crippen molar-refractivity contribution in [3.8, 4) is 0 Å². The van der Waals surface area contributed by atoms with Crippen LogP contribution in [0.1, 0.15) is 23.2 Å². The van der Waals surface area contributed by atoms with Gasteiger partial charge in [-0.05, 0) is 6.92 Å². The van der Waals surface area contributed by atoms with Crippen LogP contribution in [0.25, 0.3) is 0 Å². The molecule has 1 aromatic heterocycles. The third-order valence-electron chi connectivity index (χ3n) is 2.75. The summed E-state index contributed by atoms with van der Waals surface area (Å²) in [5.74, 6) is -0.0180. The number of anilines is 1. The first-order valence-electron chi connectivity index (χ1n) is 5.45. The third kappa shape index (κ3) is 2.52. The molecular formula is C11H16N4O2. The lowest BCUT2D eigenvalue weighted by Gasteiger charge is -2.38. The maximum atomic E-state index is 11.2. The van der Waals surface area contributed by atoms with Crippen molar-refractivity contribution in [2.24, 2.45) is 11.1 Å². The molecule has 2 rings (SSSR count). The van der Waals surface area contributed by atoms with Crippen LogP contribution in [0.3, 0.4) is 0 Å². The van der Waals surface area contributed by atoms with Crippen LogP contribution >= 0.6 is 0 Å². The van der Waals surface area contributed by atoms with E-state index in [4.69, 9.17) is 10.5 Å². The topological polar surface area (TPSA) is 90.1 Å². The lowest BCUT2D eigenvalue weighted by atomic mass is 9.88. The van der Waals surface area contributed by atoms with Crippen molar-refractivity contribution < 1.29 is 9.53 Å².